The molecule has 2 atom stereocenters. The molecule has 0 bridgehead atoms. The van der Waals surface area contributed by atoms with Crippen LogP contribution in [0.5, 0.6) is 5.75 Å². The SMILES string of the molecule is O=C(c1ccccc1)C1COc2cc(Cl)ccc2C1O. The minimum Gasteiger partial charge on any atom is -0.492 e. The molecule has 0 fully saturated rings. The van der Waals surface area contributed by atoms with E-state index in [-0.39, 0.29) is 12.4 Å². The standard InChI is InChI=1S/C16H13ClO3/c17-11-6-7-12-14(8-11)20-9-13(16(12)19)15(18)10-4-2-1-3-5-10/h1-8,13,16,19H,9H2. The Labute approximate surface area is 121 Å². The van der Waals surface area contributed by atoms with Gasteiger partial charge < -0.3 is 9.84 Å². The van der Waals surface area contributed by atoms with Crippen molar-refractivity contribution in [2.45, 2.75) is 6.10 Å². The number of rotatable bonds is 2. The normalized spacial score (nSPS) is 20.9. The Balaban J connectivity index is 1.91. The second kappa shape index (κ2) is 5.27. The lowest BCUT2D eigenvalue weighted by Crippen LogP contribution is -2.32. The van der Waals surface area contributed by atoms with Crippen molar-refractivity contribution in [2.24, 2.45) is 5.92 Å². The Morgan fingerprint density at radius 1 is 1.20 bits per heavy atom. The fraction of sp³-hybridized carbons (Fsp3) is 0.188. The minimum absolute atomic E-state index is 0.112. The number of fused-ring (bicyclic) bond motifs is 1. The summed E-state index contributed by atoms with van der Waals surface area (Å²) in [7, 11) is 0. The van der Waals surface area contributed by atoms with Gasteiger partial charge in [0.2, 0.25) is 0 Å². The highest BCUT2D eigenvalue weighted by Gasteiger charge is 2.35. The molecular formula is C16H13ClO3. The molecule has 2 aromatic rings. The first-order valence-electron chi connectivity index (χ1n) is 6.36. The molecule has 4 heteroatoms. The van der Waals surface area contributed by atoms with E-state index in [1.165, 1.54) is 0 Å². The Hall–Kier alpha value is -1.84. The molecule has 1 aliphatic rings. The molecule has 0 aromatic heterocycles. The van der Waals surface area contributed by atoms with Crippen molar-refractivity contribution < 1.29 is 14.6 Å². The topological polar surface area (TPSA) is 46.5 Å². The molecule has 1 heterocycles. The van der Waals surface area contributed by atoms with E-state index >= 15 is 0 Å². The summed E-state index contributed by atoms with van der Waals surface area (Å²) in [6.07, 6.45) is -0.872. The van der Waals surface area contributed by atoms with Gasteiger partial charge in [-0.15, -0.1) is 0 Å². The average molecular weight is 289 g/mol. The van der Waals surface area contributed by atoms with Crippen LogP contribution in [0.25, 0.3) is 0 Å². The number of hydrogen-bond acceptors (Lipinski definition) is 3. The van der Waals surface area contributed by atoms with Crippen molar-refractivity contribution in [2.75, 3.05) is 6.61 Å². The molecule has 2 aromatic carbocycles. The summed E-state index contributed by atoms with van der Waals surface area (Å²) in [5, 5.41) is 10.9. The van der Waals surface area contributed by atoms with E-state index in [0.29, 0.717) is 21.9 Å². The van der Waals surface area contributed by atoms with Gasteiger partial charge in [0.05, 0.1) is 12.0 Å². The number of ketones is 1. The molecule has 3 rings (SSSR count). The molecule has 0 amide bonds. The Kier molecular flexibility index (Phi) is 3.47. The van der Waals surface area contributed by atoms with E-state index in [1.807, 2.05) is 6.07 Å². The number of carbonyl (C=O) groups is 1. The van der Waals surface area contributed by atoms with E-state index < -0.39 is 12.0 Å². The van der Waals surface area contributed by atoms with Crippen molar-refractivity contribution in [1.29, 1.82) is 0 Å². The van der Waals surface area contributed by atoms with E-state index in [4.69, 9.17) is 16.3 Å². The Bertz CT molecular complexity index is 639. The summed E-state index contributed by atoms with van der Waals surface area (Å²) in [5.74, 6) is -0.160. The number of Topliss-reactive ketones (excluding diaryl/α,β-unsaturated/α-hetero) is 1. The van der Waals surface area contributed by atoms with Gasteiger partial charge >= 0.3 is 0 Å². The molecular weight excluding hydrogens is 276 g/mol. The van der Waals surface area contributed by atoms with Gasteiger partial charge in [-0.3, -0.25) is 4.79 Å². The largest absolute Gasteiger partial charge is 0.492 e. The van der Waals surface area contributed by atoms with Crippen LogP contribution >= 0.6 is 11.6 Å². The fourth-order valence-electron chi connectivity index (χ4n) is 2.40. The molecule has 2 unspecified atom stereocenters. The summed E-state index contributed by atoms with van der Waals surface area (Å²) in [4.78, 5) is 12.4. The van der Waals surface area contributed by atoms with Crippen molar-refractivity contribution >= 4 is 17.4 Å². The molecule has 20 heavy (non-hydrogen) atoms. The van der Waals surface area contributed by atoms with Gasteiger partial charge in [-0.2, -0.15) is 0 Å². The first-order chi connectivity index (χ1) is 9.66. The van der Waals surface area contributed by atoms with Crippen LogP contribution in [0.15, 0.2) is 48.5 Å². The Morgan fingerprint density at radius 2 is 1.95 bits per heavy atom. The molecule has 1 N–H and O–H groups in total. The van der Waals surface area contributed by atoms with Crippen LogP contribution < -0.4 is 4.74 Å². The van der Waals surface area contributed by atoms with Crippen LogP contribution in [0.4, 0.5) is 0 Å². The van der Waals surface area contributed by atoms with E-state index in [2.05, 4.69) is 0 Å². The molecule has 3 nitrogen and oxygen atoms in total. The van der Waals surface area contributed by atoms with Gasteiger partial charge in [0, 0.05) is 16.1 Å². The van der Waals surface area contributed by atoms with E-state index in [1.54, 1.807) is 42.5 Å². The van der Waals surface area contributed by atoms with Crippen LogP contribution in [0.3, 0.4) is 0 Å². The third-order valence-electron chi connectivity index (χ3n) is 3.49. The smallest absolute Gasteiger partial charge is 0.172 e. The number of carbonyl (C=O) groups excluding carboxylic acids is 1. The molecule has 0 spiro atoms. The lowest BCUT2D eigenvalue weighted by Gasteiger charge is -2.29. The van der Waals surface area contributed by atoms with Crippen molar-refractivity contribution in [3.05, 3.63) is 64.7 Å². The van der Waals surface area contributed by atoms with E-state index in [9.17, 15) is 9.90 Å². The van der Waals surface area contributed by atoms with Crippen molar-refractivity contribution in [3.63, 3.8) is 0 Å². The lowest BCUT2D eigenvalue weighted by atomic mass is 9.87. The van der Waals surface area contributed by atoms with Crippen molar-refractivity contribution in [3.8, 4) is 5.75 Å². The number of benzene rings is 2. The van der Waals surface area contributed by atoms with Crippen LogP contribution in [0.2, 0.25) is 5.02 Å². The summed E-state index contributed by atoms with van der Waals surface area (Å²) in [6, 6.07) is 14.0. The predicted octanol–water partition coefficient (Wildman–Crippen LogP) is 3.26. The van der Waals surface area contributed by atoms with Gasteiger partial charge in [0.25, 0.3) is 0 Å². The molecule has 0 saturated heterocycles. The summed E-state index contributed by atoms with van der Waals surface area (Å²) >= 11 is 5.89. The number of aliphatic hydroxyl groups is 1. The molecule has 102 valence electrons. The molecule has 0 radical (unpaired) electrons. The number of halogens is 1. The first kappa shape index (κ1) is 13.2. The average Bonchev–Trinajstić information content (AvgIpc) is 2.48. The maximum absolute atomic E-state index is 12.4. The van der Waals surface area contributed by atoms with Gasteiger partial charge in [-0.25, -0.2) is 0 Å². The third kappa shape index (κ3) is 2.30. The number of ether oxygens (including phenoxy) is 1. The summed E-state index contributed by atoms with van der Waals surface area (Å²) in [5.41, 5.74) is 1.19. The third-order valence-corrected chi connectivity index (χ3v) is 3.72. The maximum Gasteiger partial charge on any atom is 0.172 e. The second-order valence-corrected chi connectivity index (χ2v) is 5.21. The maximum atomic E-state index is 12.4. The summed E-state index contributed by atoms with van der Waals surface area (Å²) < 4.78 is 5.56. The summed E-state index contributed by atoms with van der Waals surface area (Å²) in [6.45, 7) is 0.155. The molecule has 1 aliphatic heterocycles. The molecule has 0 aliphatic carbocycles. The van der Waals surface area contributed by atoms with Gasteiger partial charge in [0.1, 0.15) is 12.4 Å². The van der Waals surface area contributed by atoms with Gasteiger partial charge in [-0.05, 0) is 12.1 Å². The highest BCUT2D eigenvalue weighted by atomic mass is 35.5. The van der Waals surface area contributed by atoms with Gasteiger partial charge in [-0.1, -0.05) is 48.0 Å². The van der Waals surface area contributed by atoms with Gasteiger partial charge in [0.15, 0.2) is 5.78 Å². The second-order valence-electron chi connectivity index (χ2n) is 4.77. The van der Waals surface area contributed by atoms with Crippen LogP contribution in [0, 0.1) is 5.92 Å². The zero-order chi connectivity index (χ0) is 14.1. The minimum atomic E-state index is -0.872. The number of hydrogen-bond donors (Lipinski definition) is 1. The highest BCUT2D eigenvalue weighted by molar-refractivity contribution is 6.30. The highest BCUT2D eigenvalue weighted by Crippen LogP contribution is 2.38. The van der Waals surface area contributed by atoms with Crippen LogP contribution in [-0.4, -0.2) is 17.5 Å². The Morgan fingerprint density at radius 3 is 2.70 bits per heavy atom. The fourth-order valence-corrected chi connectivity index (χ4v) is 2.56. The quantitative estimate of drug-likeness (QED) is 0.863. The predicted molar refractivity (Wildman–Crippen MR) is 76.2 cm³/mol. The van der Waals surface area contributed by atoms with Crippen LogP contribution in [-0.2, 0) is 0 Å². The first-order valence-corrected chi connectivity index (χ1v) is 6.74. The van der Waals surface area contributed by atoms with Crippen molar-refractivity contribution in [1.82, 2.24) is 0 Å². The molecule has 0 saturated carbocycles. The zero-order valence-corrected chi connectivity index (χ0v) is 11.4. The van der Waals surface area contributed by atoms with E-state index in [0.717, 1.165) is 0 Å². The zero-order valence-electron chi connectivity index (χ0n) is 10.6. The monoisotopic (exact) mass is 288 g/mol. The number of aliphatic hydroxyl groups excluding tert-OH is 1. The van der Waals surface area contributed by atoms with Crippen LogP contribution in [0.1, 0.15) is 22.0 Å². The lowest BCUT2D eigenvalue weighted by molar-refractivity contribution is 0.0418.